The molecule has 106 valence electrons. The molecule has 0 aliphatic rings. The Morgan fingerprint density at radius 1 is 1.33 bits per heavy atom. The van der Waals surface area contributed by atoms with Gasteiger partial charge in [0.15, 0.2) is 9.84 Å². The highest BCUT2D eigenvalue weighted by Crippen LogP contribution is 1.99. The molecule has 1 amide bonds. The van der Waals surface area contributed by atoms with Crippen molar-refractivity contribution in [3.8, 4) is 0 Å². The van der Waals surface area contributed by atoms with Crippen molar-refractivity contribution in [3.05, 3.63) is 0 Å². The summed E-state index contributed by atoms with van der Waals surface area (Å²) in [6.07, 6.45) is 0.432. The van der Waals surface area contributed by atoms with Gasteiger partial charge in [0.25, 0.3) is 0 Å². The van der Waals surface area contributed by atoms with Crippen LogP contribution < -0.4 is 5.32 Å². The summed E-state index contributed by atoms with van der Waals surface area (Å²) in [7, 11) is 0.157. The third-order valence-corrected chi connectivity index (χ3v) is 3.91. The summed E-state index contributed by atoms with van der Waals surface area (Å²) < 4.78 is 23.4. The van der Waals surface area contributed by atoms with Crippen molar-refractivity contribution >= 4 is 21.7 Å². The predicted octanol–water partition coefficient (Wildman–Crippen LogP) is -1.06. The molecule has 0 aliphatic heterocycles. The first-order valence-electron chi connectivity index (χ1n) is 5.49. The summed E-state index contributed by atoms with van der Waals surface area (Å²) in [6.45, 7) is 1.76. The molecule has 0 aliphatic carbocycles. The lowest BCUT2D eigenvalue weighted by atomic mass is 10.3. The normalized spacial score (nSPS) is 13.3. The minimum Gasteiger partial charge on any atom is -0.480 e. The Morgan fingerprint density at radius 2 is 1.89 bits per heavy atom. The number of aliphatic carboxylic acids is 1. The maximum atomic E-state index is 11.7. The number of nitrogens with zero attached hydrogens (tertiary/aromatic N) is 1. The molecule has 0 aromatic heterocycles. The van der Waals surface area contributed by atoms with E-state index in [1.54, 1.807) is 0 Å². The Hall–Kier alpha value is -1.15. The fourth-order valence-electron chi connectivity index (χ4n) is 1.36. The van der Waals surface area contributed by atoms with E-state index in [4.69, 9.17) is 5.11 Å². The molecule has 7 nitrogen and oxygen atoms in total. The van der Waals surface area contributed by atoms with Gasteiger partial charge in [0.2, 0.25) is 5.91 Å². The standard InChI is InChI=1S/C10H20N2O5S/c1-8(13)11-9(10(14)15)7-18(16,17)6-4-5-12(2)3/h9H,4-7H2,1-3H3,(H,11,13)(H,14,15). The van der Waals surface area contributed by atoms with E-state index in [1.165, 1.54) is 0 Å². The van der Waals surface area contributed by atoms with Crippen LogP contribution >= 0.6 is 0 Å². The zero-order valence-electron chi connectivity index (χ0n) is 10.8. The van der Waals surface area contributed by atoms with E-state index < -0.39 is 33.5 Å². The highest BCUT2D eigenvalue weighted by molar-refractivity contribution is 7.91. The fraction of sp³-hybridized carbons (Fsp3) is 0.800. The number of carboxylic acid groups (broad SMARTS) is 1. The molecular weight excluding hydrogens is 260 g/mol. The molecule has 0 aromatic carbocycles. The number of rotatable bonds is 8. The van der Waals surface area contributed by atoms with Gasteiger partial charge in [0, 0.05) is 6.92 Å². The minimum atomic E-state index is -3.49. The van der Waals surface area contributed by atoms with Crippen LogP contribution in [0.15, 0.2) is 0 Å². The third-order valence-electron chi connectivity index (χ3n) is 2.16. The van der Waals surface area contributed by atoms with Crippen molar-refractivity contribution < 1.29 is 23.1 Å². The SMILES string of the molecule is CC(=O)NC(CS(=O)(=O)CCCN(C)C)C(=O)O. The average Bonchev–Trinajstić information content (AvgIpc) is 2.14. The van der Waals surface area contributed by atoms with Crippen LogP contribution in [-0.2, 0) is 19.4 Å². The molecule has 0 saturated heterocycles. The van der Waals surface area contributed by atoms with Gasteiger partial charge in [-0.15, -0.1) is 0 Å². The molecule has 1 atom stereocenters. The summed E-state index contributed by atoms with van der Waals surface area (Å²) >= 11 is 0. The largest absolute Gasteiger partial charge is 0.480 e. The highest BCUT2D eigenvalue weighted by atomic mass is 32.2. The molecule has 1 unspecified atom stereocenters. The van der Waals surface area contributed by atoms with E-state index >= 15 is 0 Å². The molecule has 0 aromatic rings. The molecule has 2 N–H and O–H groups in total. The van der Waals surface area contributed by atoms with Crippen LogP contribution in [0.1, 0.15) is 13.3 Å². The van der Waals surface area contributed by atoms with E-state index in [9.17, 15) is 18.0 Å². The van der Waals surface area contributed by atoms with Crippen LogP contribution in [0.2, 0.25) is 0 Å². The second-order valence-corrected chi connectivity index (χ2v) is 6.59. The van der Waals surface area contributed by atoms with Gasteiger partial charge < -0.3 is 15.3 Å². The molecule has 0 heterocycles. The third kappa shape index (κ3) is 8.02. The lowest BCUT2D eigenvalue weighted by molar-refractivity contribution is -0.140. The van der Waals surface area contributed by atoms with Crippen LogP contribution in [0.4, 0.5) is 0 Å². The number of nitrogens with one attached hydrogen (secondary N) is 1. The number of carbonyl (C=O) groups excluding carboxylic acids is 1. The second kappa shape index (κ2) is 7.32. The Kier molecular flexibility index (Phi) is 6.85. The van der Waals surface area contributed by atoms with Crippen molar-refractivity contribution in [2.75, 3.05) is 32.1 Å². The van der Waals surface area contributed by atoms with Crippen molar-refractivity contribution in [2.24, 2.45) is 0 Å². The summed E-state index contributed by atoms with van der Waals surface area (Å²) in [5.74, 6) is -2.57. The van der Waals surface area contributed by atoms with Gasteiger partial charge in [0.05, 0.1) is 11.5 Å². The van der Waals surface area contributed by atoms with Gasteiger partial charge in [-0.25, -0.2) is 13.2 Å². The number of amides is 1. The summed E-state index contributed by atoms with van der Waals surface area (Å²) in [5, 5.41) is 10.9. The molecule has 0 spiro atoms. The summed E-state index contributed by atoms with van der Waals surface area (Å²) in [6, 6.07) is -1.38. The molecule has 0 saturated carbocycles. The average molecular weight is 280 g/mol. The van der Waals surface area contributed by atoms with Gasteiger partial charge in [-0.1, -0.05) is 0 Å². The zero-order chi connectivity index (χ0) is 14.3. The predicted molar refractivity (Wildman–Crippen MR) is 67.1 cm³/mol. The zero-order valence-corrected chi connectivity index (χ0v) is 11.7. The maximum absolute atomic E-state index is 11.7. The Labute approximate surface area is 107 Å². The van der Waals surface area contributed by atoms with Gasteiger partial charge in [-0.2, -0.15) is 0 Å². The number of sulfone groups is 1. The van der Waals surface area contributed by atoms with Crippen molar-refractivity contribution in [3.63, 3.8) is 0 Å². The van der Waals surface area contributed by atoms with Crippen LogP contribution in [-0.4, -0.2) is 68.5 Å². The Balaban J connectivity index is 4.42. The Morgan fingerprint density at radius 3 is 2.28 bits per heavy atom. The molecule has 0 rings (SSSR count). The first-order valence-corrected chi connectivity index (χ1v) is 7.31. The molecular formula is C10H20N2O5S. The Bertz CT molecular complexity index is 391. The number of hydrogen-bond acceptors (Lipinski definition) is 5. The number of carboxylic acids is 1. The van der Waals surface area contributed by atoms with Gasteiger partial charge in [-0.05, 0) is 27.1 Å². The quantitative estimate of drug-likeness (QED) is 0.587. The molecule has 8 heteroatoms. The van der Waals surface area contributed by atoms with Gasteiger partial charge in [-0.3, -0.25) is 4.79 Å². The van der Waals surface area contributed by atoms with Crippen molar-refractivity contribution in [2.45, 2.75) is 19.4 Å². The first-order chi connectivity index (χ1) is 8.14. The highest BCUT2D eigenvalue weighted by Gasteiger charge is 2.25. The fourth-order valence-corrected chi connectivity index (χ4v) is 2.83. The van der Waals surface area contributed by atoms with Crippen molar-refractivity contribution in [1.29, 1.82) is 0 Å². The maximum Gasteiger partial charge on any atom is 0.327 e. The second-order valence-electron chi connectivity index (χ2n) is 4.36. The van der Waals surface area contributed by atoms with Crippen LogP contribution in [0.25, 0.3) is 0 Å². The van der Waals surface area contributed by atoms with Crippen LogP contribution in [0.3, 0.4) is 0 Å². The summed E-state index contributed by atoms with van der Waals surface area (Å²) in [4.78, 5) is 23.4. The first kappa shape index (κ1) is 16.9. The van der Waals surface area contributed by atoms with E-state index in [0.717, 1.165) is 6.92 Å². The topological polar surface area (TPSA) is 104 Å². The molecule has 0 radical (unpaired) electrons. The number of carbonyl (C=O) groups is 2. The van der Waals surface area contributed by atoms with Gasteiger partial charge in [0.1, 0.15) is 6.04 Å². The van der Waals surface area contributed by atoms with Crippen LogP contribution in [0.5, 0.6) is 0 Å². The lowest BCUT2D eigenvalue weighted by Gasteiger charge is -2.14. The summed E-state index contributed by atoms with van der Waals surface area (Å²) in [5.41, 5.74) is 0. The van der Waals surface area contributed by atoms with Crippen LogP contribution in [0, 0.1) is 0 Å². The lowest BCUT2D eigenvalue weighted by Crippen LogP contribution is -2.44. The van der Waals surface area contributed by atoms with E-state index in [1.807, 2.05) is 19.0 Å². The number of hydrogen-bond donors (Lipinski definition) is 2. The van der Waals surface area contributed by atoms with Crippen molar-refractivity contribution in [1.82, 2.24) is 10.2 Å². The molecule has 0 fully saturated rings. The minimum absolute atomic E-state index is 0.0887. The molecule has 0 bridgehead atoms. The smallest absolute Gasteiger partial charge is 0.327 e. The monoisotopic (exact) mass is 280 g/mol. The molecule has 18 heavy (non-hydrogen) atoms. The van der Waals surface area contributed by atoms with E-state index in [-0.39, 0.29) is 5.75 Å². The van der Waals surface area contributed by atoms with Gasteiger partial charge >= 0.3 is 5.97 Å². The van der Waals surface area contributed by atoms with E-state index in [2.05, 4.69) is 5.32 Å². The van der Waals surface area contributed by atoms with E-state index in [0.29, 0.717) is 13.0 Å².